The summed E-state index contributed by atoms with van der Waals surface area (Å²) < 4.78 is 84.7. The number of hydrogen-bond acceptors (Lipinski definition) is 5. The number of anilines is 1. The zero-order chi connectivity index (χ0) is 23.4. The van der Waals surface area contributed by atoms with E-state index >= 15 is 0 Å². The summed E-state index contributed by atoms with van der Waals surface area (Å²) in [5.74, 6) is -3.45. The minimum Gasteiger partial charge on any atom is -0.466 e. The van der Waals surface area contributed by atoms with E-state index in [0.29, 0.717) is 4.90 Å². The van der Waals surface area contributed by atoms with E-state index in [1.165, 1.54) is 0 Å². The first kappa shape index (κ1) is 24.1. The van der Waals surface area contributed by atoms with Gasteiger partial charge in [-0.05, 0) is 36.4 Å². The van der Waals surface area contributed by atoms with Crippen LogP contribution in [0, 0.1) is 0 Å². The summed E-state index contributed by atoms with van der Waals surface area (Å²) in [6, 6.07) is 6.04. The van der Waals surface area contributed by atoms with Crippen LogP contribution < -0.4 is 10.1 Å². The van der Waals surface area contributed by atoms with Crippen molar-refractivity contribution >= 4 is 17.5 Å². The fourth-order valence-electron chi connectivity index (χ4n) is 2.44. The summed E-state index contributed by atoms with van der Waals surface area (Å²) in [5.41, 5.74) is -3.53. The van der Waals surface area contributed by atoms with Crippen LogP contribution in [0.3, 0.4) is 0 Å². The molecule has 1 unspecified atom stereocenters. The third-order valence-electron chi connectivity index (χ3n) is 3.98. The molecule has 31 heavy (non-hydrogen) atoms. The van der Waals surface area contributed by atoms with Gasteiger partial charge in [0.1, 0.15) is 11.5 Å². The first-order chi connectivity index (χ1) is 14.2. The highest BCUT2D eigenvalue weighted by atomic mass is 19.4. The van der Waals surface area contributed by atoms with Gasteiger partial charge in [0.15, 0.2) is 0 Å². The zero-order valence-electron chi connectivity index (χ0n) is 15.8. The number of benzene rings is 1. The van der Waals surface area contributed by atoms with Gasteiger partial charge in [-0.2, -0.15) is 13.2 Å². The fraction of sp³-hybridized carbons (Fsp3) is 0.333. The van der Waals surface area contributed by atoms with Crippen molar-refractivity contribution in [3.05, 3.63) is 48.4 Å². The van der Waals surface area contributed by atoms with Gasteiger partial charge >= 0.3 is 12.5 Å². The van der Waals surface area contributed by atoms with Crippen LogP contribution in [0.4, 0.5) is 32.0 Å². The second-order valence-corrected chi connectivity index (χ2v) is 6.38. The van der Waals surface area contributed by atoms with Gasteiger partial charge in [-0.25, -0.2) is 0 Å². The van der Waals surface area contributed by atoms with E-state index in [2.05, 4.69) is 14.5 Å². The Morgan fingerprint density at radius 3 is 2.19 bits per heavy atom. The van der Waals surface area contributed by atoms with Gasteiger partial charge in [-0.3, -0.25) is 9.59 Å². The molecule has 0 aliphatic carbocycles. The number of furan rings is 1. The van der Waals surface area contributed by atoms with Crippen molar-refractivity contribution < 1.29 is 50.2 Å². The van der Waals surface area contributed by atoms with Gasteiger partial charge in [0.05, 0.1) is 19.2 Å². The van der Waals surface area contributed by atoms with Gasteiger partial charge in [-0.15, -0.1) is 13.2 Å². The molecule has 1 heterocycles. The van der Waals surface area contributed by atoms with Gasteiger partial charge < -0.3 is 24.5 Å². The topological polar surface area (TPSA) is 92.0 Å². The third-order valence-corrected chi connectivity index (χ3v) is 3.98. The number of rotatable bonds is 7. The molecule has 0 radical (unpaired) electrons. The van der Waals surface area contributed by atoms with Crippen molar-refractivity contribution in [2.75, 3.05) is 18.9 Å². The van der Waals surface area contributed by atoms with Crippen molar-refractivity contribution in [3.63, 3.8) is 0 Å². The van der Waals surface area contributed by atoms with Crippen LogP contribution >= 0.6 is 0 Å². The molecule has 0 spiro atoms. The van der Waals surface area contributed by atoms with Crippen LogP contribution in [-0.2, 0) is 15.2 Å². The van der Waals surface area contributed by atoms with Crippen LogP contribution in [0.15, 0.2) is 47.1 Å². The van der Waals surface area contributed by atoms with Crippen LogP contribution in [0.2, 0.25) is 0 Å². The number of aliphatic hydroxyl groups is 1. The molecular formula is C18H16F6N2O5. The molecule has 2 amide bonds. The summed E-state index contributed by atoms with van der Waals surface area (Å²) >= 11 is 0. The second kappa shape index (κ2) is 8.88. The maximum atomic E-state index is 13.3. The average Bonchev–Trinajstić information content (AvgIpc) is 3.16. The lowest BCUT2D eigenvalue weighted by molar-refractivity contribution is -0.274. The molecule has 2 aromatic rings. The number of halogens is 6. The number of likely N-dealkylation sites (N-methyl/N-ethyl adjacent to an activating group) is 1. The van der Waals surface area contributed by atoms with Gasteiger partial charge in [0.2, 0.25) is 17.4 Å². The lowest BCUT2D eigenvalue weighted by Gasteiger charge is -2.29. The summed E-state index contributed by atoms with van der Waals surface area (Å²) in [6.07, 6.45) is -10.7. The Bertz CT molecular complexity index is 896. The Kier molecular flexibility index (Phi) is 6.89. The van der Waals surface area contributed by atoms with E-state index in [-0.39, 0.29) is 5.69 Å². The van der Waals surface area contributed by atoms with Crippen LogP contribution in [0.25, 0.3) is 0 Å². The first-order valence-corrected chi connectivity index (χ1v) is 8.44. The molecule has 13 heteroatoms. The van der Waals surface area contributed by atoms with Crippen molar-refractivity contribution in [2.45, 2.75) is 24.6 Å². The summed E-state index contributed by atoms with van der Waals surface area (Å²) in [6.45, 7) is -0.689. The molecule has 170 valence electrons. The normalized spacial score (nSPS) is 13.9. The highest BCUT2D eigenvalue weighted by molar-refractivity contribution is 5.94. The van der Waals surface area contributed by atoms with E-state index in [1.54, 1.807) is 0 Å². The van der Waals surface area contributed by atoms with Crippen LogP contribution in [0.1, 0.15) is 12.2 Å². The summed E-state index contributed by atoms with van der Waals surface area (Å²) in [7, 11) is 1.04. The standard InChI is InChI=1S/C18H16F6N2O5/c1-26(15(28)9-16(29,17(19,20)21)13-3-2-8-30-13)10-14(27)25-11-4-6-12(7-5-11)31-18(22,23)24/h2-8,29H,9-10H2,1H3,(H,25,27). The van der Waals surface area contributed by atoms with Gasteiger partial charge in [0, 0.05) is 12.7 Å². The Morgan fingerprint density at radius 2 is 1.71 bits per heavy atom. The van der Waals surface area contributed by atoms with E-state index in [4.69, 9.17) is 0 Å². The predicted octanol–water partition coefficient (Wildman–Crippen LogP) is 3.42. The lowest BCUT2D eigenvalue weighted by atomic mass is 9.95. The van der Waals surface area contributed by atoms with E-state index in [9.17, 15) is 41.0 Å². The van der Waals surface area contributed by atoms with Crippen molar-refractivity contribution in [1.82, 2.24) is 4.90 Å². The monoisotopic (exact) mass is 454 g/mol. The quantitative estimate of drug-likeness (QED) is 0.626. The van der Waals surface area contributed by atoms with E-state index in [0.717, 1.165) is 49.7 Å². The molecule has 1 atom stereocenters. The zero-order valence-corrected chi connectivity index (χ0v) is 15.8. The molecule has 1 aromatic heterocycles. The highest BCUT2D eigenvalue weighted by Crippen LogP contribution is 2.42. The minimum atomic E-state index is -5.23. The molecule has 0 saturated carbocycles. The molecule has 0 aliphatic rings. The third kappa shape index (κ3) is 6.38. The Balaban J connectivity index is 1.98. The average molecular weight is 454 g/mol. The van der Waals surface area contributed by atoms with Gasteiger partial charge in [0.25, 0.3) is 0 Å². The molecule has 1 aromatic carbocycles. The smallest absolute Gasteiger partial charge is 0.466 e. The van der Waals surface area contributed by atoms with Crippen LogP contribution in [0.5, 0.6) is 5.75 Å². The number of carbonyl (C=O) groups is 2. The van der Waals surface area contributed by atoms with E-state index in [1.807, 2.05) is 0 Å². The number of amides is 2. The second-order valence-electron chi connectivity index (χ2n) is 6.38. The van der Waals surface area contributed by atoms with Crippen molar-refractivity contribution in [3.8, 4) is 5.75 Å². The predicted molar refractivity (Wildman–Crippen MR) is 92.7 cm³/mol. The molecule has 0 bridgehead atoms. The molecule has 2 N–H and O–H groups in total. The SMILES string of the molecule is CN(CC(=O)Nc1ccc(OC(F)(F)F)cc1)C(=O)CC(O)(c1ccco1)C(F)(F)F. The fourth-order valence-corrected chi connectivity index (χ4v) is 2.44. The maximum absolute atomic E-state index is 13.3. The van der Waals surface area contributed by atoms with E-state index < -0.39 is 54.4 Å². The number of alkyl halides is 6. The summed E-state index contributed by atoms with van der Waals surface area (Å²) in [4.78, 5) is 24.8. The minimum absolute atomic E-state index is 0.0581. The summed E-state index contributed by atoms with van der Waals surface area (Å²) in [5, 5.41) is 12.3. The van der Waals surface area contributed by atoms with Crippen LogP contribution in [-0.4, -0.2) is 48.0 Å². The number of hydrogen-bond donors (Lipinski definition) is 2. The molecule has 0 aliphatic heterocycles. The number of nitrogens with one attached hydrogen (secondary N) is 1. The Morgan fingerprint density at radius 1 is 1.10 bits per heavy atom. The Labute approximate surface area is 171 Å². The molecular weight excluding hydrogens is 438 g/mol. The number of carbonyl (C=O) groups excluding carboxylic acids is 2. The number of nitrogens with zero attached hydrogens (tertiary/aromatic N) is 1. The van der Waals surface area contributed by atoms with Gasteiger partial charge in [-0.1, -0.05) is 0 Å². The molecule has 7 nitrogen and oxygen atoms in total. The first-order valence-electron chi connectivity index (χ1n) is 8.44. The largest absolute Gasteiger partial charge is 0.573 e. The maximum Gasteiger partial charge on any atom is 0.573 e. The number of ether oxygens (including phenoxy) is 1. The lowest BCUT2D eigenvalue weighted by Crippen LogP contribution is -2.47. The molecule has 0 saturated heterocycles. The molecule has 2 rings (SSSR count). The highest BCUT2D eigenvalue weighted by Gasteiger charge is 2.58. The Hall–Kier alpha value is -3.22. The molecule has 0 fully saturated rings. The van der Waals surface area contributed by atoms with Crippen molar-refractivity contribution in [1.29, 1.82) is 0 Å². The van der Waals surface area contributed by atoms with Crippen molar-refractivity contribution in [2.24, 2.45) is 0 Å².